The van der Waals surface area contributed by atoms with Crippen LogP contribution < -0.4 is 4.90 Å². The molecule has 6 rings (SSSR count). The Bertz CT molecular complexity index is 2030. The molecule has 2 unspecified atom stereocenters. The van der Waals surface area contributed by atoms with Gasteiger partial charge in [0.05, 0.1) is 33.3 Å². The summed E-state index contributed by atoms with van der Waals surface area (Å²) in [6.07, 6.45) is 4.70. The van der Waals surface area contributed by atoms with Crippen molar-refractivity contribution >= 4 is 40.2 Å². The van der Waals surface area contributed by atoms with E-state index in [1.54, 1.807) is 6.08 Å². The molecule has 0 aromatic heterocycles. The summed E-state index contributed by atoms with van der Waals surface area (Å²) in [6.45, 7) is 8.89. The van der Waals surface area contributed by atoms with Gasteiger partial charge in [-0.2, -0.15) is 4.58 Å². The van der Waals surface area contributed by atoms with Crippen LogP contribution in [0.1, 0.15) is 70.1 Å². The highest BCUT2D eigenvalue weighted by Gasteiger charge is 2.50. The van der Waals surface area contributed by atoms with Crippen LogP contribution in [-0.4, -0.2) is 54.7 Å². The Morgan fingerprint density at radius 1 is 0.902 bits per heavy atom. The van der Waals surface area contributed by atoms with E-state index >= 15 is 0 Å². The number of nitro groups is 2. The van der Waals surface area contributed by atoms with E-state index in [0.29, 0.717) is 24.2 Å². The maximum Gasteiger partial charge on any atom is 0.303 e. The largest absolute Gasteiger partial charge is 0.481 e. The van der Waals surface area contributed by atoms with Crippen LogP contribution >= 0.6 is 0 Å². The van der Waals surface area contributed by atoms with Gasteiger partial charge in [-0.15, -0.1) is 0 Å². The Hall–Kier alpha value is -5.49. The number of allylic oxidation sites excluding steroid dienone is 2. The van der Waals surface area contributed by atoms with Crippen molar-refractivity contribution in [3.05, 3.63) is 127 Å². The highest BCUT2D eigenvalue weighted by atomic mass is 16.6. The molecule has 3 aromatic carbocycles. The first-order valence-electron chi connectivity index (χ1n) is 17.0. The molecule has 0 saturated heterocycles. The monoisotopic (exact) mass is 693 g/mol. The Labute approximate surface area is 295 Å². The summed E-state index contributed by atoms with van der Waals surface area (Å²) in [4.78, 5) is 49.1. The molecule has 0 bridgehead atoms. The maximum absolute atomic E-state index is 14.0. The summed E-state index contributed by atoms with van der Waals surface area (Å²) in [6, 6.07) is 19.2. The fourth-order valence-corrected chi connectivity index (χ4v) is 7.74. The summed E-state index contributed by atoms with van der Waals surface area (Å²) in [7, 11) is 0. The fourth-order valence-electron chi connectivity index (χ4n) is 7.74. The van der Waals surface area contributed by atoms with E-state index in [4.69, 9.17) is 5.11 Å². The third-order valence-corrected chi connectivity index (χ3v) is 10.5. The van der Waals surface area contributed by atoms with Gasteiger partial charge in [0.2, 0.25) is 5.69 Å². The van der Waals surface area contributed by atoms with Crippen molar-refractivity contribution in [1.29, 1.82) is 0 Å². The number of non-ortho nitro benzene ring substituents is 2. The van der Waals surface area contributed by atoms with Crippen LogP contribution in [0.5, 0.6) is 0 Å². The molecule has 12 nitrogen and oxygen atoms in total. The molecule has 1 aliphatic carbocycles. The van der Waals surface area contributed by atoms with Gasteiger partial charge < -0.3 is 15.1 Å². The number of rotatable bonds is 12. The lowest BCUT2D eigenvalue weighted by atomic mass is 9.71. The molecule has 264 valence electrons. The molecule has 51 heavy (non-hydrogen) atoms. The molecule has 2 atom stereocenters. The molecule has 2 heterocycles. The molecule has 0 amide bonds. The van der Waals surface area contributed by atoms with Crippen molar-refractivity contribution in [3.8, 4) is 0 Å². The first-order chi connectivity index (χ1) is 24.1. The molecular formula is C39H41N4O8+. The standard InChI is InChI=1S/C39H40N4O8/c1-38(2)29-12-7-9-14-31(29)40(17-11-5-6-16-35(44)45)33(38)21-27-36(46)28(37(27)47)22-34-39(3,4)30-13-8-10-15-32(30)41(34)23-24-18-25(42(48)49)20-26(19-24)43(50)51/h7-10,12-15,18-22,27,36,46H,5-6,11,16-17,23H2,1-4H3/p+1. The molecule has 0 radical (unpaired) electrons. The van der Waals surface area contributed by atoms with Gasteiger partial charge in [0, 0.05) is 70.7 Å². The predicted molar refractivity (Wildman–Crippen MR) is 191 cm³/mol. The minimum Gasteiger partial charge on any atom is -0.481 e. The number of para-hydroxylation sites is 2. The second-order valence-corrected chi connectivity index (χ2v) is 14.5. The van der Waals surface area contributed by atoms with Crippen molar-refractivity contribution in [2.45, 2.75) is 76.9 Å². The number of benzene rings is 3. The molecular weight excluding hydrogens is 652 g/mol. The number of ketones is 1. The molecule has 12 heteroatoms. The molecule has 2 N–H and O–H groups in total. The average Bonchev–Trinajstić information content (AvgIpc) is 3.43. The SMILES string of the molecule is CC1(C)C(=CC2C(=O)C(=CC3=[N+](Cc4cc([N+](=O)[O-])cc([N+](=O)[O-])c4)c4ccccc4C3(C)C)C2O)N(CCCCCC(=O)O)c2ccccc21. The van der Waals surface area contributed by atoms with E-state index in [0.717, 1.165) is 47.1 Å². The number of carboxylic acid groups (broad SMARTS) is 1. The number of aliphatic hydroxyl groups excluding tert-OH is 1. The van der Waals surface area contributed by atoms with Gasteiger partial charge in [0.25, 0.3) is 11.4 Å². The maximum atomic E-state index is 14.0. The van der Waals surface area contributed by atoms with E-state index in [1.165, 1.54) is 12.1 Å². The molecule has 3 aromatic rings. The van der Waals surface area contributed by atoms with E-state index < -0.39 is 50.0 Å². The smallest absolute Gasteiger partial charge is 0.303 e. The molecule has 3 aliphatic rings. The van der Waals surface area contributed by atoms with E-state index in [-0.39, 0.29) is 24.3 Å². The van der Waals surface area contributed by atoms with Gasteiger partial charge >= 0.3 is 5.97 Å². The van der Waals surface area contributed by atoms with Gasteiger partial charge in [0.1, 0.15) is 0 Å². The first kappa shape index (κ1) is 35.3. The number of nitrogens with zero attached hydrogens (tertiary/aromatic N) is 4. The van der Waals surface area contributed by atoms with Gasteiger partial charge in [0.15, 0.2) is 18.0 Å². The third-order valence-electron chi connectivity index (χ3n) is 10.5. The summed E-state index contributed by atoms with van der Waals surface area (Å²) in [5.41, 5.74) is 4.22. The summed E-state index contributed by atoms with van der Waals surface area (Å²) >= 11 is 0. The van der Waals surface area contributed by atoms with Gasteiger partial charge in [-0.25, -0.2) is 0 Å². The number of hydrogen-bond donors (Lipinski definition) is 2. The van der Waals surface area contributed by atoms with Crippen molar-refractivity contribution in [1.82, 2.24) is 0 Å². The number of Topliss-reactive ketones (excluding diaryl/α,β-unsaturated/α-hetero) is 1. The van der Waals surface area contributed by atoms with Crippen LogP contribution in [0.15, 0.2) is 90.2 Å². The lowest BCUT2D eigenvalue weighted by Gasteiger charge is -2.35. The van der Waals surface area contributed by atoms with Crippen molar-refractivity contribution in [2.24, 2.45) is 5.92 Å². The highest BCUT2D eigenvalue weighted by molar-refractivity contribution is 6.14. The van der Waals surface area contributed by atoms with Gasteiger partial charge in [-0.1, -0.05) is 62.7 Å². The lowest BCUT2D eigenvalue weighted by Crippen LogP contribution is -2.46. The fraction of sp³-hybridized carbons (Fsp3) is 0.359. The number of nitro benzene ring substituents is 2. The van der Waals surface area contributed by atoms with Gasteiger partial charge in [-0.3, -0.25) is 29.8 Å². The number of carboxylic acids is 1. The summed E-state index contributed by atoms with van der Waals surface area (Å²) < 4.78 is 1.90. The van der Waals surface area contributed by atoms with Gasteiger partial charge in [-0.05, 0) is 38.3 Å². The molecule has 0 spiro atoms. The Morgan fingerprint density at radius 3 is 2.16 bits per heavy atom. The summed E-state index contributed by atoms with van der Waals surface area (Å²) in [5, 5.41) is 43.9. The quantitative estimate of drug-likeness (QED) is 0.0675. The van der Waals surface area contributed by atoms with Crippen molar-refractivity contribution in [3.63, 3.8) is 0 Å². The number of fused-ring (bicyclic) bond motifs is 2. The molecule has 1 fully saturated rings. The number of aliphatic carboxylic acids is 1. The Kier molecular flexibility index (Phi) is 9.24. The van der Waals surface area contributed by atoms with Crippen molar-refractivity contribution in [2.75, 3.05) is 11.4 Å². The average molecular weight is 694 g/mol. The third kappa shape index (κ3) is 6.35. The van der Waals surface area contributed by atoms with Crippen LogP contribution in [0.25, 0.3) is 0 Å². The van der Waals surface area contributed by atoms with Crippen LogP contribution in [0.4, 0.5) is 22.7 Å². The lowest BCUT2D eigenvalue weighted by molar-refractivity contribution is -0.455. The predicted octanol–water partition coefficient (Wildman–Crippen LogP) is 6.89. The number of unbranched alkanes of at least 4 members (excludes halogenated alkanes) is 2. The number of anilines is 1. The molecule has 1 saturated carbocycles. The van der Waals surface area contributed by atoms with E-state index in [1.807, 2.05) is 67.0 Å². The normalized spacial score (nSPS) is 21.5. The van der Waals surface area contributed by atoms with Crippen LogP contribution in [-0.2, 0) is 27.0 Å². The number of carbonyl (C=O) groups excluding carboxylic acids is 1. The van der Waals surface area contributed by atoms with E-state index in [2.05, 4.69) is 24.8 Å². The second kappa shape index (κ2) is 13.3. The van der Waals surface area contributed by atoms with Crippen LogP contribution in [0, 0.1) is 26.1 Å². The second-order valence-electron chi connectivity index (χ2n) is 14.5. The van der Waals surface area contributed by atoms with Crippen LogP contribution in [0.2, 0.25) is 0 Å². The number of carbonyl (C=O) groups is 2. The highest BCUT2D eigenvalue weighted by Crippen LogP contribution is 2.49. The zero-order valence-electron chi connectivity index (χ0n) is 29.0. The number of hydrogen-bond acceptors (Lipinski definition) is 8. The first-order valence-corrected chi connectivity index (χ1v) is 17.0. The van der Waals surface area contributed by atoms with Crippen molar-refractivity contribution < 1.29 is 34.2 Å². The minimum absolute atomic E-state index is 0.0632. The number of aliphatic hydroxyl groups is 1. The topological polar surface area (TPSA) is 167 Å². The Morgan fingerprint density at radius 2 is 1.53 bits per heavy atom. The minimum atomic E-state index is -1.09. The zero-order chi connectivity index (χ0) is 36.8. The van der Waals surface area contributed by atoms with Crippen LogP contribution in [0.3, 0.4) is 0 Å². The Balaban J connectivity index is 1.35. The van der Waals surface area contributed by atoms with E-state index in [9.17, 15) is 34.9 Å². The zero-order valence-corrected chi connectivity index (χ0v) is 29.0. The summed E-state index contributed by atoms with van der Waals surface area (Å²) in [5.74, 6) is -1.81. The molecule has 2 aliphatic heterocycles.